The lowest BCUT2D eigenvalue weighted by molar-refractivity contribution is -0.00249. The highest BCUT2D eigenvalue weighted by atomic mass is 32.1. The van der Waals surface area contributed by atoms with Crippen LogP contribution in [0.25, 0.3) is 10.6 Å². The Kier molecular flexibility index (Phi) is 3.93. The third-order valence-corrected chi connectivity index (χ3v) is 3.58. The zero-order valence-corrected chi connectivity index (χ0v) is 11.2. The summed E-state index contributed by atoms with van der Waals surface area (Å²) in [4.78, 5) is 19.1. The van der Waals surface area contributed by atoms with Crippen LogP contribution in [0.3, 0.4) is 0 Å². The highest BCUT2D eigenvalue weighted by molar-refractivity contribution is 7.13. The number of alkyl halides is 2. The minimum Gasteiger partial charge on any atom is -0.465 e. The van der Waals surface area contributed by atoms with Gasteiger partial charge < -0.3 is 10.4 Å². The van der Waals surface area contributed by atoms with Gasteiger partial charge in [-0.3, -0.25) is 4.98 Å². The number of aromatic nitrogens is 2. The number of pyridine rings is 1. The first-order valence-corrected chi connectivity index (χ1v) is 6.50. The van der Waals surface area contributed by atoms with Crippen molar-refractivity contribution in [3.05, 3.63) is 35.1 Å². The average molecular weight is 299 g/mol. The van der Waals surface area contributed by atoms with E-state index >= 15 is 0 Å². The van der Waals surface area contributed by atoms with Gasteiger partial charge in [0.2, 0.25) is 0 Å². The topological polar surface area (TPSA) is 75.1 Å². The molecule has 0 bridgehead atoms. The fraction of sp³-hybridized carbons (Fsp3) is 0.250. The van der Waals surface area contributed by atoms with Crippen molar-refractivity contribution in [2.45, 2.75) is 12.8 Å². The first-order valence-electron chi connectivity index (χ1n) is 5.62. The van der Waals surface area contributed by atoms with Crippen molar-refractivity contribution in [2.24, 2.45) is 0 Å². The van der Waals surface area contributed by atoms with Crippen LogP contribution in [0.1, 0.15) is 11.3 Å². The van der Waals surface area contributed by atoms with Crippen molar-refractivity contribution in [3.63, 3.8) is 0 Å². The van der Waals surface area contributed by atoms with Gasteiger partial charge >= 0.3 is 6.09 Å². The van der Waals surface area contributed by atoms with Gasteiger partial charge in [0.1, 0.15) is 0 Å². The summed E-state index contributed by atoms with van der Waals surface area (Å²) in [5.74, 6) is -3.30. The molecular formula is C12H11F2N3O2S. The predicted molar refractivity (Wildman–Crippen MR) is 70.0 cm³/mol. The van der Waals surface area contributed by atoms with Gasteiger partial charge in [-0.1, -0.05) is 0 Å². The number of amides is 1. The van der Waals surface area contributed by atoms with Crippen LogP contribution >= 0.6 is 11.3 Å². The molecule has 8 heteroatoms. The Morgan fingerprint density at radius 1 is 1.45 bits per heavy atom. The summed E-state index contributed by atoms with van der Waals surface area (Å²) in [6.45, 7) is 0.829. The number of nitrogens with one attached hydrogen (secondary N) is 1. The average Bonchev–Trinajstić information content (AvgIpc) is 2.83. The smallest absolute Gasteiger partial charge is 0.404 e. The molecule has 0 fully saturated rings. The SMILES string of the molecule is Cc1ncsc1-c1ccc(C(F)(F)CNC(=O)O)cn1. The number of aryl methyl sites for hydroxylation is 1. The molecule has 1 amide bonds. The molecule has 0 aromatic carbocycles. The van der Waals surface area contributed by atoms with Gasteiger partial charge in [0, 0.05) is 11.8 Å². The van der Waals surface area contributed by atoms with Gasteiger partial charge in [0.15, 0.2) is 0 Å². The van der Waals surface area contributed by atoms with Crippen molar-refractivity contribution in [1.82, 2.24) is 15.3 Å². The molecule has 106 valence electrons. The molecule has 2 aromatic heterocycles. The molecule has 0 saturated carbocycles. The molecule has 0 aliphatic heterocycles. The van der Waals surface area contributed by atoms with E-state index in [1.807, 2.05) is 6.92 Å². The second-order valence-corrected chi connectivity index (χ2v) is 4.92. The van der Waals surface area contributed by atoms with E-state index in [2.05, 4.69) is 9.97 Å². The van der Waals surface area contributed by atoms with Gasteiger partial charge in [-0.15, -0.1) is 11.3 Å². The minimum atomic E-state index is -3.30. The summed E-state index contributed by atoms with van der Waals surface area (Å²) in [7, 11) is 0. The van der Waals surface area contributed by atoms with Crippen molar-refractivity contribution < 1.29 is 18.7 Å². The van der Waals surface area contributed by atoms with Crippen molar-refractivity contribution >= 4 is 17.4 Å². The lowest BCUT2D eigenvalue weighted by atomic mass is 10.1. The van der Waals surface area contributed by atoms with E-state index in [4.69, 9.17) is 5.11 Å². The van der Waals surface area contributed by atoms with Crippen LogP contribution in [0.15, 0.2) is 23.8 Å². The molecule has 2 rings (SSSR count). The first kappa shape index (κ1) is 14.3. The van der Waals surface area contributed by atoms with Gasteiger partial charge in [0.25, 0.3) is 5.92 Å². The van der Waals surface area contributed by atoms with Crippen molar-refractivity contribution in [2.75, 3.05) is 6.54 Å². The van der Waals surface area contributed by atoms with Crippen LogP contribution in [-0.2, 0) is 5.92 Å². The van der Waals surface area contributed by atoms with Crippen LogP contribution in [0, 0.1) is 6.92 Å². The highest BCUT2D eigenvalue weighted by Gasteiger charge is 2.32. The van der Waals surface area contributed by atoms with E-state index in [1.165, 1.54) is 23.5 Å². The molecule has 2 heterocycles. The lowest BCUT2D eigenvalue weighted by Gasteiger charge is -2.16. The van der Waals surface area contributed by atoms with E-state index in [1.54, 1.807) is 10.8 Å². The monoisotopic (exact) mass is 299 g/mol. The quantitative estimate of drug-likeness (QED) is 0.910. The summed E-state index contributed by atoms with van der Waals surface area (Å²) in [6, 6.07) is 2.72. The zero-order valence-electron chi connectivity index (χ0n) is 10.4. The summed E-state index contributed by atoms with van der Waals surface area (Å²) >= 11 is 1.38. The molecular weight excluding hydrogens is 288 g/mol. The minimum absolute atomic E-state index is 0.336. The van der Waals surface area contributed by atoms with Gasteiger partial charge in [0.05, 0.1) is 28.3 Å². The molecule has 0 radical (unpaired) electrons. The number of carboxylic acid groups (broad SMARTS) is 1. The number of carbonyl (C=O) groups is 1. The van der Waals surface area contributed by atoms with Gasteiger partial charge in [-0.25, -0.2) is 9.78 Å². The van der Waals surface area contributed by atoms with Crippen molar-refractivity contribution in [3.8, 4) is 10.6 Å². The molecule has 0 atom stereocenters. The number of hydrogen-bond acceptors (Lipinski definition) is 4. The number of rotatable bonds is 4. The molecule has 0 aliphatic carbocycles. The Morgan fingerprint density at radius 2 is 2.20 bits per heavy atom. The Morgan fingerprint density at radius 3 is 2.70 bits per heavy atom. The number of hydrogen-bond donors (Lipinski definition) is 2. The Hall–Kier alpha value is -2.09. The van der Waals surface area contributed by atoms with Gasteiger partial charge in [-0.05, 0) is 19.1 Å². The van der Waals surface area contributed by atoms with Crippen LogP contribution in [0.4, 0.5) is 13.6 Å². The molecule has 0 unspecified atom stereocenters. The summed E-state index contributed by atoms with van der Waals surface area (Å²) in [5.41, 5.74) is 2.67. The van der Waals surface area contributed by atoms with Crippen LogP contribution < -0.4 is 5.32 Å². The van der Waals surface area contributed by atoms with Crippen LogP contribution in [-0.4, -0.2) is 27.7 Å². The second kappa shape index (κ2) is 5.49. The summed E-state index contributed by atoms with van der Waals surface area (Å²) in [6.07, 6.45) is -0.438. The highest BCUT2D eigenvalue weighted by Crippen LogP contribution is 2.30. The largest absolute Gasteiger partial charge is 0.465 e. The standard InChI is InChI=1S/C12H11F2N3O2S/c1-7-10(20-6-17-7)9-3-2-8(4-15-9)12(13,14)5-16-11(18)19/h2-4,6,16H,5H2,1H3,(H,18,19). The number of halogens is 2. The van der Waals surface area contributed by atoms with E-state index < -0.39 is 18.6 Å². The van der Waals surface area contributed by atoms with E-state index in [9.17, 15) is 13.6 Å². The Balaban J connectivity index is 2.19. The van der Waals surface area contributed by atoms with E-state index in [0.717, 1.165) is 16.8 Å². The molecule has 0 spiro atoms. The van der Waals surface area contributed by atoms with Gasteiger partial charge in [-0.2, -0.15) is 8.78 Å². The lowest BCUT2D eigenvalue weighted by Crippen LogP contribution is -2.34. The number of thiazole rings is 1. The van der Waals surface area contributed by atoms with E-state index in [-0.39, 0.29) is 5.56 Å². The number of nitrogens with zero attached hydrogens (tertiary/aromatic N) is 2. The fourth-order valence-corrected chi connectivity index (χ4v) is 2.36. The van der Waals surface area contributed by atoms with Crippen LogP contribution in [0.2, 0.25) is 0 Å². The summed E-state index contributed by atoms with van der Waals surface area (Å²) < 4.78 is 27.4. The Bertz CT molecular complexity index is 613. The molecule has 0 saturated heterocycles. The maximum atomic E-state index is 13.7. The third-order valence-electron chi connectivity index (χ3n) is 2.63. The third kappa shape index (κ3) is 3.08. The van der Waals surface area contributed by atoms with Crippen LogP contribution in [0.5, 0.6) is 0 Å². The Labute approximate surface area is 117 Å². The molecule has 0 aliphatic rings. The summed E-state index contributed by atoms with van der Waals surface area (Å²) in [5, 5.41) is 10.0. The maximum Gasteiger partial charge on any atom is 0.404 e. The predicted octanol–water partition coefficient (Wildman–Crippen LogP) is 2.87. The normalized spacial score (nSPS) is 11.3. The zero-order chi connectivity index (χ0) is 14.8. The van der Waals surface area contributed by atoms with E-state index in [0.29, 0.717) is 5.69 Å². The first-order chi connectivity index (χ1) is 9.40. The fourth-order valence-electron chi connectivity index (χ4n) is 1.58. The molecule has 2 N–H and O–H groups in total. The molecule has 2 aromatic rings. The van der Waals surface area contributed by atoms with Crippen molar-refractivity contribution in [1.29, 1.82) is 0 Å². The maximum absolute atomic E-state index is 13.7. The molecule has 5 nitrogen and oxygen atoms in total. The molecule has 20 heavy (non-hydrogen) atoms. The second-order valence-electron chi connectivity index (χ2n) is 4.06.